The van der Waals surface area contributed by atoms with Gasteiger partial charge in [0.05, 0.1) is 19.5 Å². The van der Waals surface area contributed by atoms with Gasteiger partial charge in [-0.2, -0.15) is 0 Å². The number of hydrogen-bond acceptors (Lipinski definition) is 6. The van der Waals surface area contributed by atoms with Gasteiger partial charge < -0.3 is 15.6 Å². The van der Waals surface area contributed by atoms with Gasteiger partial charge in [0.1, 0.15) is 23.9 Å². The Morgan fingerprint density at radius 1 is 0.968 bits per heavy atom. The molecule has 1 saturated heterocycles. The summed E-state index contributed by atoms with van der Waals surface area (Å²) in [5, 5.41) is 3.74. The predicted molar refractivity (Wildman–Crippen MR) is 118 cm³/mol. The Hall–Kier alpha value is -2.19. The number of methoxy groups -OCH3 is 2. The molecule has 4 rings (SSSR count). The molecule has 1 aliphatic rings. The van der Waals surface area contributed by atoms with E-state index < -0.39 is 0 Å². The van der Waals surface area contributed by atoms with E-state index in [1.165, 1.54) is 0 Å². The second-order valence-corrected chi connectivity index (χ2v) is 8.03. The van der Waals surface area contributed by atoms with Crippen LogP contribution in [0.25, 0.3) is 10.8 Å². The van der Waals surface area contributed by atoms with Gasteiger partial charge in [-0.05, 0) is 53.1 Å². The summed E-state index contributed by atoms with van der Waals surface area (Å²) < 4.78 is 16.9. The molecule has 156 valence electrons. The number of thioether (sulfide) groups is 1. The third-order valence-electron chi connectivity index (χ3n) is 5.01. The third-order valence-corrected chi connectivity index (χ3v) is 5.99. The molecule has 0 aliphatic carbocycles. The van der Waals surface area contributed by atoms with Crippen LogP contribution in [0.15, 0.2) is 54.6 Å². The first-order valence-electron chi connectivity index (χ1n) is 9.44. The van der Waals surface area contributed by atoms with Gasteiger partial charge in [0.25, 0.3) is 5.24 Å². The standard InChI is InChI=1S/C23H21NO5S.Na.H/c1-27-17-9-5-15-6-10-20(28-2)19(18(15)12-17)13-29-16-7-3-14(4-8-16)11-21-22(25)24-23(26)30-21;;/h3-10,12,21H,11,13H2,1-2H3,(H,24,25,26);;/q;+1;-1. The molecule has 6 nitrogen and oxygen atoms in total. The largest absolute Gasteiger partial charge is 1.00 e. The number of ether oxygens (including phenoxy) is 3. The van der Waals surface area contributed by atoms with Crippen LogP contribution in [0.5, 0.6) is 17.2 Å². The summed E-state index contributed by atoms with van der Waals surface area (Å²) in [6, 6.07) is 17.4. The molecule has 1 unspecified atom stereocenters. The number of nitrogens with one attached hydrogen (secondary N) is 1. The van der Waals surface area contributed by atoms with Gasteiger partial charge in [0, 0.05) is 5.56 Å². The number of amides is 2. The van der Waals surface area contributed by atoms with Crippen LogP contribution >= 0.6 is 11.8 Å². The summed E-state index contributed by atoms with van der Waals surface area (Å²) in [7, 11) is 3.28. The Balaban J connectivity index is 0.00000181. The third kappa shape index (κ3) is 5.36. The van der Waals surface area contributed by atoms with Crippen LogP contribution in [0, 0.1) is 0 Å². The molecule has 3 aromatic carbocycles. The Kier molecular flexibility index (Phi) is 7.89. The zero-order valence-electron chi connectivity index (χ0n) is 18.6. The minimum Gasteiger partial charge on any atom is -1.00 e. The van der Waals surface area contributed by atoms with Crippen molar-refractivity contribution in [2.75, 3.05) is 14.2 Å². The van der Waals surface area contributed by atoms with Gasteiger partial charge in [0.15, 0.2) is 0 Å². The maximum Gasteiger partial charge on any atom is 1.00 e. The first-order valence-corrected chi connectivity index (χ1v) is 10.3. The summed E-state index contributed by atoms with van der Waals surface area (Å²) in [6.07, 6.45) is 0.499. The fraction of sp³-hybridized carbons (Fsp3) is 0.217. The summed E-state index contributed by atoms with van der Waals surface area (Å²) in [6.45, 7) is 0.336. The van der Waals surface area contributed by atoms with Crippen LogP contribution < -0.4 is 49.1 Å². The summed E-state index contributed by atoms with van der Waals surface area (Å²) in [5.74, 6) is 2.00. The van der Waals surface area contributed by atoms with Crippen molar-refractivity contribution in [1.29, 1.82) is 0 Å². The summed E-state index contributed by atoms with van der Waals surface area (Å²) in [5.41, 5.74) is 1.91. The summed E-state index contributed by atoms with van der Waals surface area (Å²) >= 11 is 1.03. The SMILES string of the molecule is COc1ccc2ccc(OC)c(COc3ccc(CC4SC(=O)NC4=O)cc3)c2c1.[H-].[Na+]. The van der Waals surface area contributed by atoms with Crippen LogP contribution in [0.2, 0.25) is 0 Å². The second-order valence-electron chi connectivity index (χ2n) is 6.85. The molecular formula is C23H22NNaO5S. The van der Waals surface area contributed by atoms with Crippen molar-refractivity contribution in [2.45, 2.75) is 18.3 Å². The van der Waals surface area contributed by atoms with Crippen LogP contribution in [0.3, 0.4) is 0 Å². The normalized spacial score (nSPS) is 15.4. The molecule has 0 aromatic heterocycles. The molecule has 1 fully saturated rings. The van der Waals surface area contributed by atoms with Gasteiger partial charge in [-0.3, -0.25) is 14.9 Å². The van der Waals surface area contributed by atoms with Gasteiger partial charge in [-0.25, -0.2) is 0 Å². The van der Waals surface area contributed by atoms with Crippen molar-refractivity contribution in [3.63, 3.8) is 0 Å². The van der Waals surface area contributed by atoms with E-state index in [1.807, 2.05) is 54.6 Å². The summed E-state index contributed by atoms with van der Waals surface area (Å²) in [4.78, 5) is 23.0. The molecule has 0 spiro atoms. The van der Waals surface area contributed by atoms with Crippen molar-refractivity contribution < 1.29 is 54.8 Å². The monoisotopic (exact) mass is 447 g/mol. The Morgan fingerprint density at radius 2 is 1.68 bits per heavy atom. The average molecular weight is 447 g/mol. The topological polar surface area (TPSA) is 73.9 Å². The molecule has 1 heterocycles. The van der Waals surface area contributed by atoms with Gasteiger partial charge in [-0.15, -0.1) is 0 Å². The van der Waals surface area contributed by atoms with Crippen molar-refractivity contribution in [3.8, 4) is 17.2 Å². The molecule has 0 bridgehead atoms. The van der Waals surface area contributed by atoms with E-state index in [0.717, 1.165) is 45.2 Å². The Labute approximate surface area is 208 Å². The fourth-order valence-corrected chi connectivity index (χ4v) is 4.29. The number of hydrogen-bond donors (Lipinski definition) is 1. The van der Waals surface area contributed by atoms with E-state index in [1.54, 1.807) is 14.2 Å². The number of carbonyl (C=O) groups excluding carboxylic acids is 2. The van der Waals surface area contributed by atoms with Gasteiger partial charge >= 0.3 is 29.6 Å². The molecule has 2 amide bonds. The Bertz CT molecular complexity index is 1100. The maximum atomic E-state index is 11.7. The van der Waals surface area contributed by atoms with Crippen LogP contribution in [0.4, 0.5) is 4.79 Å². The maximum absolute atomic E-state index is 11.7. The van der Waals surface area contributed by atoms with Crippen molar-refractivity contribution in [2.24, 2.45) is 0 Å². The average Bonchev–Trinajstić information content (AvgIpc) is 3.08. The number of imide groups is 1. The van der Waals surface area contributed by atoms with Crippen molar-refractivity contribution in [3.05, 3.63) is 65.7 Å². The zero-order chi connectivity index (χ0) is 21.1. The first-order chi connectivity index (χ1) is 14.6. The van der Waals surface area contributed by atoms with Crippen LogP contribution in [0.1, 0.15) is 12.6 Å². The number of fused-ring (bicyclic) bond motifs is 1. The van der Waals surface area contributed by atoms with Gasteiger partial charge in [0.2, 0.25) is 5.91 Å². The molecule has 0 saturated carbocycles. The molecule has 1 atom stereocenters. The van der Waals surface area contributed by atoms with E-state index in [-0.39, 0.29) is 47.4 Å². The number of carbonyl (C=O) groups is 2. The molecule has 1 N–H and O–H groups in total. The van der Waals surface area contributed by atoms with E-state index in [4.69, 9.17) is 14.2 Å². The molecule has 0 radical (unpaired) electrons. The predicted octanol–water partition coefficient (Wildman–Crippen LogP) is 1.45. The van der Waals surface area contributed by atoms with Crippen molar-refractivity contribution >= 4 is 33.7 Å². The van der Waals surface area contributed by atoms with Gasteiger partial charge in [-0.1, -0.05) is 36.0 Å². The zero-order valence-corrected chi connectivity index (χ0v) is 20.5. The minimum absolute atomic E-state index is 0. The molecule has 3 aromatic rings. The second kappa shape index (κ2) is 10.4. The smallest absolute Gasteiger partial charge is 1.00 e. The quantitative estimate of drug-likeness (QED) is 0.553. The fourth-order valence-electron chi connectivity index (χ4n) is 3.43. The van der Waals surface area contributed by atoms with E-state index in [9.17, 15) is 9.59 Å². The van der Waals surface area contributed by atoms with Crippen LogP contribution in [-0.2, 0) is 17.8 Å². The van der Waals surface area contributed by atoms with E-state index >= 15 is 0 Å². The molecule has 1 aliphatic heterocycles. The van der Waals surface area contributed by atoms with E-state index in [2.05, 4.69) is 5.32 Å². The number of benzene rings is 3. The van der Waals surface area contributed by atoms with Crippen molar-refractivity contribution in [1.82, 2.24) is 5.32 Å². The molecule has 8 heteroatoms. The minimum atomic E-state index is -0.376. The van der Waals surface area contributed by atoms with E-state index in [0.29, 0.717) is 18.8 Å². The Morgan fingerprint density at radius 3 is 2.32 bits per heavy atom. The molecule has 31 heavy (non-hydrogen) atoms. The van der Waals surface area contributed by atoms with Crippen LogP contribution in [-0.4, -0.2) is 30.6 Å². The number of rotatable bonds is 7. The first kappa shape index (κ1) is 23.5. The molecular weight excluding hydrogens is 425 g/mol.